The van der Waals surface area contributed by atoms with E-state index < -0.39 is 0 Å². The van der Waals surface area contributed by atoms with Crippen molar-refractivity contribution in [2.45, 2.75) is 25.6 Å². The molecule has 0 bridgehead atoms. The van der Waals surface area contributed by atoms with Gasteiger partial charge in [-0.25, -0.2) is 4.98 Å². The van der Waals surface area contributed by atoms with Crippen LogP contribution in [0.2, 0.25) is 10.0 Å². The van der Waals surface area contributed by atoms with Crippen molar-refractivity contribution in [3.8, 4) is 5.75 Å². The smallest absolute Gasteiger partial charge is 0.270 e. The van der Waals surface area contributed by atoms with Crippen LogP contribution in [0.5, 0.6) is 5.75 Å². The Kier molecular flexibility index (Phi) is 5.94. The molecule has 1 N–H and O–H groups in total. The van der Waals surface area contributed by atoms with E-state index in [-0.39, 0.29) is 18.6 Å². The van der Waals surface area contributed by atoms with Crippen molar-refractivity contribution in [3.05, 3.63) is 44.3 Å². The fraction of sp³-hybridized carbons (Fsp3) is 0.375. The molecule has 1 fully saturated rings. The molecule has 1 aromatic carbocycles. The van der Waals surface area contributed by atoms with Crippen molar-refractivity contribution in [1.82, 2.24) is 10.3 Å². The van der Waals surface area contributed by atoms with E-state index in [1.165, 1.54) is 11.3 Å². The first-order valence-electron chi connectivity index (χ1n) is 7.54. The lowest BCUT2D eigenvalue weighted by molar-refractivity contribution is 0.0854. The maximum Gasteiger partial charge on any atom is 0.270 e. The van der Waals surface area contributed by atoms with Crippen molar-refractivity contribution >= 4 is 40.4 Å². The zero-order valence-electron chi connectivity index (χ0n) is 12.8. The van der Waals surface area contributed by atoms with Crippen LogP contribution >= 0.6 is 34.5 Å². The molecule has 1 atom stereocenters. The number of benzene rings is 1. The summed E-state index contributed by atoms with van der Waals surface area (Å²) in [6.07, 6.45) is 2.14. The highest BCUT2D eigenvalue weighted by molar-refractivity contribution is 7.09. The molecule has 24 heavy (non-hydrogen) atoms. The third-order valence-electron chi connectivity index (χ3n) is 3.54. The summed E-state index contributed by atoms with van der Waals surface area (Å²) >= 11 is 13.3. The zero-order chi connectivity index (χ0) is 16.9. The highest BCUT2D eigenvalue weighted by Gasteiger charge is 2.18. The predicted molar refractivity (Wildman–Crippen MR) is 94.2 cm³/mol. The standard InChI is InChI=1S/C16H16Cl2N2O3S/c17-10-3-4-12(18)14(6-10)23-8-15-20-13(9-24-15)16(21)19-7-11-2-1-5-22-11/h3-4,6,9,11H,1-2,5,7-8H2,(H,19,21). The Balaban J connectivity index is 1.53. The van der Waals surface area contributed by atoms with Crippen molar-refractivity contribution in [1.29, 1.82) is 0 Å². The number of aromatic nitrogens is 1. The maximum atomic E-state index is 12.1. The predicted octanol–water partition coefficient (Wildman–Crippen LogP) is 3.94. The minimum Gasteiger partial charge on any atom is -0.485 e. The highest BCUT2D eigenvalue weighted by Crippen LogP contribution is 2.28. The first-order chi connectivity index (χ1) is 11.6. The van der Waals surface area contributed by atoms with E-state index in [9.17, 15) is 4.79 Å². The molecule has 8 heteroatoms. The molecule has 1 saturated heterocycles. The number of hydrogen-bond donors (Lipinski definition) is 1. The van der Waals surface area contributed by atoms with Gasteiger partial charge in [0.25, 0.3) is 5.91 Å². The Morgan fingerprint density at radius 3 is 3.12 bits per heavy atom. The van der Waals surface area contributed by atoms with Crippen LogP contribution in [0.15, 0.2) is 23.6 Å². The van der Waals surface area contributed by atoms with Crippen LogP contribution < -0.4 is 10.1 Å². The molecule has 1 amide bonds. The minimum atomic E-state index is -0.200. The van der Waals surface area contributed by atoms with Gasteiger partial charge >= 0.3 is 0 Å². The Morgan fingerprint density at radius 1 is 1.46 bits per heavy atom. The number of ether oxygens (including phenoxy) is 2. The molecule has 0 aliphatic carbocycles. The van der Waals surface area contributed by atoms with E-state index in [0.29, 0.717) is 33.0 Å². The molecule has 3 rings (SSSR count). The summed E-state index contributed by atoms with van der Waals surface area (Å²) in [6.45, 7) is 1.51. The summed E-state index contributed by atoms with van der Waals surface area (Å²) in [7, 11) is 0. The number of carbonyl (C=O) groups is 1. The SMILES string of the molecule is O=C(NCC1CCCO1)c1csc(COc2cc(Cl)ccc2Cl)n1. The summed E-state index contributed by atoms with van der Waals surface area (Å²) in [5, 5.41) is 6.27. The average Bonchev–Trinajstić information content (AvgIpc) is 3.25. The molecule has 0 spiro atoms. The second kappa shape index (κ2) is 8.16. The van der Waals surface area contributed by atoms with E-state index in [1.54, 1.807) is 23.6 Å². The van der Waals surface area contributed by atoms with Gasteiger partial charge in [-0.3, -0.25) is 4.79 Å². The van der Waals surface area contributed by atoms with Crippen LogP contribution in [-0.4, -0.2) is 30.1 Å². The van der Waals surface area contributed by atoms with Crippen LogP contribution in [0.25, 0.3) is 0 Å². The fourth-order valence-electron chi connectivity index (χ4n) is 2.31. The third kappa shape index (κ3) is 4.60. The van der Waals surface area contributed by atoms with Gasteiger partial charge < -0.3 is 14.8 Å². The van der Waals surface area contributed by atoms with Crippen molar-refractivity contribution in [2.75, 3.05) is 13.2 Å². The average molecular weight is 387 g/mol. The molecule has 5 nitrogen and oxygen atoms in total. The molecule has 128 valence electrons. The number of halogens is 2. The molecular formula is C16H16Cl2N2O3S. The van der Waals surface area contributed by atoms with Gasteiger partial charge in [0.15, 0.2) is 0 Å². The van der Waals surface area contributed by atoms with Crippen molar-refractivity contribution in [3.63, 3.8) is 0 Å². The molecular weight excluding hydrogens is 371 g/mol. The van der Waals surface area contributed by atoms with E-state index in [2.05, 4.69) is 10.3 Å². The normalized spacial score (nSPS) is 17.0. The number of carbonyl (C=O) groups excluding carboxylic acids is 1. The van der Waals surface area contributed by atoms with Gasteiger partial charge in [-0.05, 0) is 25.0 Å². The zero-order valence-corrected chi connectivity index (χ0v) is 15.1. The summed E-state index contributed by atoms with van der Waals surface area (Å²) in [5.74, 6) is 0.289. The lowest BCUT2D eigenvalue weighted by Crippen LogP contribution is -2.31. The van der Waals surface area contributed by atoms with Gasteiger partial charge in [-0.1, -0.05) is 23.2 Å². The Hall–Kier alpha value is -1.34. The van der Waals surface area contributed by atoms with E-state index in [1.807, 2.05) is 0 Å². The Bertz CT molecular complexity index is 717. The fourth-order valence-corrected chi connectivity index (χ4v) is 3.33. The number of amides is 1. The first kappa shape index (κ1) is 17.5. The van der Waals surface area contributed by atoms with Crippen LogP contribution in [0.4, 0.5) is 0 Å². The topological polar surface area (TPSA) is 60.5 Å². The molecule has 0 saturated carbocycles. The van der Waals surface area contributed by atoms with Gasteiger partial charge in [-0.2, -0.15) is 0 Å². The van der Waals surface area contributed by atoms with Gasteiger partial charge in [0.2, 0.25) is 0 Å². The van der Waals surface area contributed by atoms with Crippen molar-refractivity contribution in [2.24, 2.45) is 0 Å². The maximum absolute atomic E-state index is 12.1. The van der Waals surface area contributed by atoms with Crippen LogP contribution in [-0.2, 0) is 11.3 Å². The van der Waals surface area contributed by atoms with Gasteiger partial charge in [0.1, 0.15) is 23.1 Å². The summed E-state index contributed by atoms with van der Waals surface area (Å²) in [4.78, 5) is 16.4. The van der Waals surface area contributed by atoms with E-state index >= 15 is 0 Å². The lowest BCUT2D eigenvalue weighted by atomic mass is 10.2. The number of nitrogens with one attached hydrogen (secondary N) is 1. The molecule has 2 heterocycles. The summed E-state index contributed by atoms with van der Waals surface area (Å²) in [5.41, 5.74) is 0.383. The molecule has 1 aromatic heterocycles. The van der Waals surface area contributed by atoms with E-state index in [4.69, 9.17) is 32.7 Å². The van der Waals surface area contributed by atoms with Crippen LogP contribution in [0, 0.1) is 0 Å². The Labute approximate surface area is 153 Å². The number of rotatable bonds is 6. The summed E-state index contributed by atoms with van der Waals surface area (Å²) in [6, 6.07) is 5.01. The molecule has 1 unspecified atom stereocenters. The molecule has 1 aliphatic rings. The van der Waals surface area contributed by atoms with E-state index in [0.717, 1.165) is 19.4 Å². The highest BCUT2D eigenvalue weighted by atomic mass is 35.5. The second-order valence-corrected chi connectivity index (χ2v) is 7.12. The Morgan fingerprint density at radius 2 is 2.33 bits per heavy atom. The molecule has 0 radical (unpaired) electrons. The molecule has 1 aliphatic heterocycles. The lowest BCUT2D eigenvalue weighted by Gasteiger charge is -2.09. The summed E-state index contributed by atoms with van der Waals surface area (Å²) < 4.78 is 11.1. The number of thiazole rings is 1. The quantitative estimate of drug-likeness (QED) is 0.816. The van der Waals surface area contributed by atoms with Gasteiger partial charge in [0, 0.05) is 29.6 Å². The monoisotopic (exact) mass is 386 g/mol. The van der Waals surface area contributed by atoms with Crippen LogP contribution in [0.1, 0.15) is 28.3 Å². The van der Waals surface area contributed by atoms with Gasteiger partial charge in [0.05, 0.1) is 11.1 Å². The minimum absolute atomic E-state index is 0.111. The third-order valence-corrected chi connectivity index (χ3v) is 4.91. The molecule has 2 aromatic rings. The largest absolute Gasteiger partial charge is 0.485 e. The van der Waals surface area contributed by atoms with Gasteiger partial charge in [-0.15, -0.1) is 11.3 Å². The first-order valence-corrected chi connectivity index (χ1v) is 9.17. The second-order valence-electron chi connectivity index (χ2n) is 5.33. The number of nitrogens with zero attached hydrogens (tertiary/aromatic N) is 1. The van der Waals surface area contributed by atoms with Crippen LogP contribution in [0.3, 0.4) is 0 Å². The van der Waals surface area contributed by atoms with Crippen molar-refractivity contribution < 1.29 is 14.3 Å². The number of hydrogen-bond acceptors (Lipinski definition) is 5.